The van der Waals surface area contributed by atoms with Gasteiger partial charge in [-0.3, -0.25) is 0 Å². The van der Waals surface area contributed by atoms with E-state index in [1.165, 1.54) is 5.56 Å². The molecule has 0 atom stereocenters. The Morgan fingerprint density at radius 3 is 2.52 bits per heavy atom. The second-order valence-corrected chi connectivity index (χ2v) is 5.34. The lowest BCUT2D eigenvalue weighted by molar-refractivity contribution is 0.977. The van der Waals surface area contributed by atoms with Crippen LogP contribution in [-0.2, 0) is 0 Å². The summed E-state index contributed by atoms with van der Waals surface area (Å²) >= 11 is 0. The van der Waals surface area contributed by atoms with Gasteiger partial charge in [0.05, 0.1) is 0 Å². The van der Waals surface area contributed by atoms with E-state index in [1.54, 1.807) is 6.33 Å². The van der Waals surface area contributed by atoms with Crippen molar-refractivity contribution in [1.29, 1.82) is 0 Å². The first-order valence-corrected chi connectivity index (χ1v) is 7.74. The van der Waals surface area contributed by atoms with Crippen molar-refractivity contribution < 1.29 is 0 Å². The van der Waals surface area contributed by atoms with Gasteiger partial charge in [-0.25, -0.2) is 9.97 Å². The third-order valence-corrected chi connectivity index (χ3v) is 3.60. The lowest BCUT2D eigenvalue weighted by Crippen LogP contribution is -2.17. The molecular weight excluding hydrogens is 284 g/mol. The Morgan fingerprint density at radius 2 is 1.78 bits per heavy atom. The van der Waals surface area contributed by atoms with Crippen molar-refractivity contribution in [2.45, 2.75) is 13.8 Å². The lowest BCUT2D eigenvalue weighted by atomic mass is 10.2. The molecule has 0 aliphatic rings. The molecule has 0 saturated heterocycles. The summed E-state index contributed by atoms with van der Waals surface area (Å²) < 4.78 is 0. The van der Waals surface area contributed by atoms with Gasteiger partial charge in [-0.05, 0) is 43.7 Å². The molecule has 0 fully saturated rings. The van der Waals surface area contributed by atoms with Crippen molar-refractivity contribution in [3.05, 3.63) is 72.6 Å². The quantitative estimate of drug-likeness (QED) is 0.742. The van der Waals surface area contributed by atoms with Crippen LogP contribution < -0.4 is 10.2 Å². The van der Waals surface area contributed by atoms with Gasteiger partial charge in [-0.1, -0.05) is 30.3 Å². The molecule has 4 heteroatoms. The van der Waals surface area contributed by atoms with Gasteiger partial charge < -0.3 is 10.2 Å². The molecule has 1 heterocycles. The zero-order chi connectivity index (χ0) is 16.1. The molecule has 0 aliphatic heterocycles. The van der Waals surface area contributed by atoms with E-state index in [2.05, 4.69) is 58.3 Å². The third kappa shape index (κ3) is 3.66. The summed E-state index contributed by atoms with van der Waals surface area (Å²) in [6.45, 7) is 5.03. The molecule has 3 rings (SSSR count). The average Bonchev–Trinajstić information content (AvgIpc) is 2.57. The number of aromatic nitrogens is 2. The zero-order valence-electron chi connectivity index (χ0n) is 13.4. The molecule has 0 aliphatic carbocycles. The number of benzene rings is 2. The SMILES string of the molecule is CCN(c1ccccc1)c1cc(Nc2cccc(C)c2)ncn1. The van der Waals surface area contributed by atoms with E-state index < -0.39 is 0 Å². The second-order valence-electron chi connectivity index (χ2n) is 5.34. The van der Waals surface area contributed by atoms with Crippen molar-refractivity contribution >= 4 is 23.0 Å². The Morgan fingerprint density at radius 1 is 0.957 bits per heavy atom. The molecule has 116 valence electrons. The minimum Gasteiger partial charge on any atom is -0.340 e. The van der Waals surface area contributed by atoms with Crippen LogP contribution in [0.25, 0.3) is 0 Å². The first kappa shape index (κ1) is 15.0. The van der Waals surface area contributed by atoms with Crippen molar-refractivity contribution in [3.63, 3.8) is 0 Å². The second kappa shape index (κ2) is 6.92. The molecule has 0 amide bonds. The molecule has 0 saturated carbocycles. The number of anilines is 4. The van der Waals surface area contributed by atoms with Crippen LogP contribution in [0.4, 0.5) is 23.0 Å². The van der Waals surface area contributed by atoms with Gasteiger partial charge in [0.1, 0.15) is 18.0 Å². The molecule has 0 radical (unpaired) electrons. The van der Waals surface area contributed by atoms with E-state index in [0.717, 1.165) is 29.6 Å². The van der Waals surface area contributed by atoms with Crippen LogP contribution in [0, 0.1) is 6.92 Å². The number of hydrogen-bond acceptors (Lipinski definition) is 4. The Labute approximate surface area is 136 Å². The smallest absolute Gasteiger partial charge is 0.138 e. The fourth-order valence-corrected chi connectivity index (χ4v) is 2.52. The lowest BCUT2D eigenvalue weighted by Gasteiger charge is -2.22. The molecular formula is C19H20N4. The van der Waals surface area contributed by atoms with E-state index in [9.17, 15) is 0 Å². The number of rotatable bonds is 5. The molecule has 0 bridgehead atoms. The van der Waals surface area contributed by atoms with Gasteiger partial charge in [-0.15, -0.1) is 0 Å². The Bertz CT molecular complexity index is 771. The normalized spacial score (nSPS) is 10.3. The number of aryl methyl sites for hydroxylation is 1. The van der Waals surface area contributed by atoms with Crippen LogP contribution in [0.1, 0.15) is 12.5 Å². The number of hydrogen-bond donors (Lipinski definition) is 1. The van der Waals surface area contributed by atoms with Crippen LogP contribution in [0.15, 0.2) is 67.0 Å². The number of nitrogens with one attached hydrogen (secondary N) is 1. The van der Waals surface area contributed by atoms with Gasteiger partial charge in [0.15, 0.2) is 0 Å². The topological polar surface area (TPSA) is 41.0 Å². The summed E-state index contributed by atoms with van der Waals surface area (Å²) in [7, 11) is 0. The summed E-state index contributed by atoms with van der Waals surface area (Å²) in [5.41, 5.74) is 3.36. The predicted molar refractivity (Wildman–Crippen MR) is 95.6 cm³/mol. The van der Waals surface area contributed by atoms with E-state index in [4.69, 9.17) is 0 Å². The molecule has 0 unspecified atom stereocenters. The molecule has 1 N–H and O–H groups in total. The van der Waals surface area contributed by atoms with E-state index in [1.807, 2.05) is 36.4 Å². The monoisotopic (exact) mass is 304 g/mol. The van der Waals surface area contributed by atoms with Crippen molar-refractivity contribution in [1.82, 2.24) is 9.97 Å². The van der Waals surface area contributed by atoms with Crippen LogP contribution in [-0.4, -0.2) is 16.5 Å². The van der Waals surface area contributed by atoms with Crippen molar-refractivity contribution in [2.24, 2.45) is 0 Å². The fourth-order valence-electron chi connectivity index (χ4n) is 2.52. The largest absolute Gasteiger partial charge is 0.340 e. The van der Waals surface area contributed by atoms with Crippen molar-refractivity contribution in [2.75, 3.05) is 16.8 Å². The van der Waals surface area contributed by atoms with E-state index in [0.29, 0.717) is 0 Å². The molecule has 0 spiro atoms. The summed E-state index contributed by atoms with van der Waals surface area (Å²) in [6, 6.07) is 20.4. The highest BCUT2D eigenvalue weighted by Crippen LogP contribution is 2.25. The molecule has 2 aromatic carbocycles. The van der Waals surface area contributed by atoms with E-state index in [-0.39, 0.29) is 0 Å². The third-order valence-electron chi connectivity index (χ3n) is 3.60. The number of nitrogens with zero attached hydrogens (tertiary/aromatic N) is 3. The van der Waals surface area contributed by atoms with Gasteiger partial charge in [0.25, 0.3) is 0 Å². The van der Waals surface area contributed by atoms with Crippen LogP contribution >= 0.6 is 0 Å². The first-order valence-electron chi connectivity index (χ1n) is 7.74. The van der Waals surface area contributed by atoms with Gasteiger partial charge in [-0.2, -0.15) is 0 Å². The number of para-hydroxylation sites is 1. The summed E-state index contributed by atoms with van der Waals surface area (Å²) in [5, 5.41) is 3.34. The van der Waals surface area contributed by atoms with Crippen LogP contribution in [0.2, 0.25) is 0 Å². The van der Waals surface area contributed by atoms with Crippen molar-refractivity contribution in [3.8, 4) is 0 Å². The Hall–Kier alpha value is -2.88. The van der Waals surface area contributed by atoms with Gasteiger partial charge in [0, 0.05) is 24.0 Å². The average molecular weight is 304 g/mol. The fraction of sp³-hybridized carbons (Fsp3) is 0.158. The minimum atomic E-state index is 0.787. The van der Waals surface area contributed by atoms with Crippen LogP contribution in [0.5, 0.6) is 0 Å². The summed E-state index contributed by atoms with van der Waals surface area (Å²) in [5.74, 6) is 1.67. The maximum Gasteiger partial charge on any atom is 0.138 e. The highest BCUT2D eigenvalue weighted by molar-refractivity contribution is 5.65. The predicted octanol–water partition coefficient (Wildman–Crippen LogP) is 4.69. The standard InChI is InChI=1S/C19H20N4/c1-3-23(17-10-5-4-6-11-17)19-13-18(20-14-21-19)22-16-9-7-8-15(2)12-16/h4-14H,3H2,1-2H3,(H,20,21,22). The molecule has 4 nitrogen and oxygen atoms in total. The first-order chi connectivity index (χ1) is 11.3. The highest BCUT2D eigenvalue weighted by atomic mass is 15.2. The minimum absolute atomic E-state index is 0.787. The van der Waals surface area contributed by atoms with Gasteiger partial charge in [0.2, 0.25) is 0 Å². The Balaban J connectivity index is 1.87. The zero-order valence-corrected chi connectivity index (χ0v) is 13.4. The van der Waals surface area contributed by atoms with Crippen LogP contribution in [0.3, 0.4) is 0 Å². The highest BCUT2D eigenvalue weighted by Gasteiger charge is 2.09. The molecule has 1 aromatic heterocycles. The molecule has 3 aromatic rings. The summed E-state index contributed by atoms with van der Waals surface area (Å²) in [4.78, 5) is 10.9. The summed E-state index contributed by atoms with van der Waals surface area (Å²) in [6.07, 6.45) is 1.60. The molecule has 23 heavy (non-hydrogen) atoms. The van der Waals surface area contributed by atoms with E-state index >= 15 is 0 Å². The maximum absolute atomic E-state index is 4.42. The van der Waals surface area contributed by atoms with Gasteiger partial charge >= 0.3 is 0 Å². The maximum atomic E-state index is 4.42. The Kier molecular flexibility index (Phi) is 4.52.